The SMILES string of the molecule is CC(=O)O[C@@H]1C(C)=C(C)[C@H]2[C@H](Cc3c[nH]c4ccccc34)NC(=O)[C@]23C(=O)/C=C/C(=O)[C@H](OC(C)=O)/C(C)=C/[C@@H](C)C/C=C/[C@@H]13. The lowest BCUT2D eigenvalue weighted by atomic mass is 9.55. The van der Waals surface area contributed by atoms with E-state index in [1.165, 1.54) is 13.8 Å². The Kier molecular flexibility index (Phi) is 8.83. The number of esters is 2. The number of ketones is 2. The van der Waals surface area contributed by atoms with Crippen LogP contribution in [0.4, 0.5) is 0 Å². The van der Waals surface area contributed by atoms with Crippen LogP contribution in [0.1, 0.15) is 53.5 Å². The highest BCUT2D eigenvalue weighted by molar-refractivity contribution is 6.16. The molecule has 3 aliphatic rings. The number of aromatic nitrogens is 1. The number of fused-ring (bicyclic) bond motifs is 1. The van der Waals surface area contributed by atoms with Crippen LogP contribution in [-0.2, 0) is 39.9 Å². The average molecular weight is 613 g/mol. The van der Waals surface area contributed by atoms with E-state index >= 15 is 0 Å². The van der Waals surface area contributed by atoms with Gasteiger partial charge in [0.1, 0.15) is 11.5 Å². The first kappa shape index (κ1) is 31.9. The van der Waals surface area contributed by atoms with Gasteiger partial charge in [-0.3, -0.25) is 24.0 Å². The van der Waals surface area contributed by atoms with Crippen LogP contribution in [0.5, 0.6) is 0 Å². The third-order valence-corrected chi connectivity index (χ3v) is 9.52. The number of para-hydroxylation sites is 1. The molecule has 7 atom stereocenters. The maximum absolute atomic E-state index is 14.6. The molecule has 0 unspecified atom stereocenters. The Morgan fingerprint density at radius 2 is 1.69 bits per heavy atom. The third-order valence-electron chi connectivity index (χ3n) is 9.52. The number of benzene rings is 1. The number of rotatable bonds is 4. The molecule has 5 rings (SSSR count). The van der Waals surface area contributed by atoms with E-state index in [1.54, 1.807) is 6.92 Å². The van der Waals surface area contributed by atoms with Crippen LogP contribution < -0.4 is 5.32 Å². The Labute approximate surface area is 262 Å². The van der Waals surface area contributed by atoms with Crippen molar-refractivity contribution in [2.24, 2.45) is 23.2 Å². The second kappa shape index (κ2) is 12.5. The Morgan fingerprint density at radius 1 is 0.978 bits per heavy atom. The van der Waals surface area contributed by atoms with Crippen molar-refractivity contribution >= 4 is 40.3 Å². The molecule has 2 N–H and O–H groups in total. The lowest BCUT2D eigenvalue weighted by Crippen LogP contribution is -2.56. The molecular weight excluding hydrogens is 572 g/mol. The largest absolute Gasteiger partial charge is 0.457 e. The summed E-state index contributed by atoms with van der Waals surface area (Å²) in [5, 5.41) is 4.17. The molecule has 1 spiro atoms. The highest BCUT2D eigenvalue weighted by atomic mass is 16.5. The number of hydrogen-bond donors (Lipinski definition) is 2. The van der Waals surface area contributed by atoms with Crippen LogP contribution in [0, 0.1) is 23.2 Å². The van der Waals surface area contributed by atoms with E-state index in [9.17, 15) is 24.0 Å². The Morgan fingerprint density at radius 3 is 2.40 bits per heavy atom. The molecule has 1 saturated heterocycles. The number of ether oxygens (including phenoxy) is 2. The predicted octanol–water partition coefficient (Wildman–Crippen LogP) is 4.88. The topological polar surface area (TPSA) is 132 Å². The Balaban J connectivity index is 1.69. The second-order valence-electron chi connectivity index (χ2n) is 12.6. The molecule has 9 heteroatoms. The van der Waals surface area contributed by atoms with Gasteiger partial charge in [-0.25, -0.2) is 0 Å². The number of carbonyl (C=O) groups excluding carboxylic acids is 5. The molecule has 2 heterocycles. The number of aromatic amines is 1. The molecule has 9 nitrogen and oxygen atoms in total. The zero-order valence-corrected chi connectivity index (χ0v) is 26.5. The summed E-state index contributed by atoms with van der Waals surface area (Å²) in [6.45, 7) is 9.97. The van der Waals surface area contributed by atoms with E-state index in [0.717, 1.165) is 39.8 Å². The molecule has 1 aromatic carbocycles. The summed E-state index contributed by atoms with van der Waals surface area (Å²) in [5.74, 6) is -4.29. The molecule has 0 saturated carbocycles. The number of H-pyrrole nitrogens is 1. The standard InChI is InChI=1S/C36H40N2O7/c1-19-10-9-12-27-34(45-24(6)40)22(4)21(3)32-29(17-25-18-37-28-13-8-7-11-26(25)28)38-35(43)36(27,32)31(42)15-14-30(41)33(20(2)16-19)44-23(5)39/h7-9,11-16,18-19,27,29,32-34,37H,10,17H2,1-6H3,(H,38,43)/b12-9+,15-14+,20-16+/t19-,27-,29-,32-,33+,34+,36+/m0/s1. The average Bonchev–Trinajstić information content (AvgIpc) is 3.52. The number of allylic oxidation sites excluding steroid dienone is 3. The van der Waals surface area contributed by atoms with Crippen LogP contribution in [0.25, 0.3) is 10.9 Å². The van der Waals surface area contributed by atoms with Gasteiger partial charge in [0, 0.05) is 48.8 Å². The molecular formula is C36H40N2O7. The first-order valence-electron chi connectivity index (χ1n) is 15.3. The quantitative estimate of drug-likeness (QED) is 0.286. The fourth-order valence-corrected chi connectivity index (χ4v) is 7.51. The molecule has 1 fully saturated rings. The first-order valence-corrected chi connectivity index (χ1v) is 15.3. The van der Waals surface area contributed by atoms with Crippen molar-refractivity contribution < 1.29 is 33.4 Å². The minimum absolute atomic E-state index is 0.0690. The van der Waals surface area contributed by atoms with Crippen molar-refractivity contribution in [3.05, 3.63) is 83.1 Å². The van der Waals surface area contributed by atoms with E-state index in [4.69, 9.17) is 9.47 Å². The van der Waals surface area contributed by atoms with Crippen LogP contribution in [0.2, 0.25) is 0 Å². The molecule has 1 aromatic heterocycles. The van der Waals surface area contributed by atoms with Gasteiger partial charge < -0.3 is 19.8 Å². The van der Waals surface area contributed by atoms with E-state index in [2.05, 4.69) is 10.3 Å². The van der Waals surface area contributed by atoms with E-state index in [0.29, 0.717) is 18.4 Å². The maximum atomic E-state index is 14.6. The minimum atomic E-state index is -1.70. The van der Waals surface area contributed by atoms with Crippen LogP contribution >= 0.6 is 0 Å². The zero-order chi connectivity index (χ0) is 32.6. The lowest BCUT2D eigenvalue weighted by Gasteiger charge is -2.46. The fourth-order valence-electron chi connectivity index (χ4n) is 7.51. The molecule has 0 radical (unpaired) electrons. The summed E-state index contributed by atoms with van der Waals surface area (Å²) in [7, 11) is 0. The predicted molar refractivity (Wildman–Crippen MR) is 169 cm³/mol. The summed E-state index contributed by atoms with van der Waals surface area (Å²) in [6, 6.07) is 7.44. The van der Waals surface area contributed by atoms with Crippen molar-refractivity contribution in [1.82, 2.24) is 10.3 Å². The van der Waals surface area contributed by atoms with E-state index < -0.39 is 64.9 Å². The Hall–Kier alpha value is -4.53. The maximum Gasteiger partial charge on any atom is 0.303 e. The van der Waals surface area contributed by atoms with Crippen molar-refractivity contribution in [2.75, 3.05) is 0 Å². The van der Waals surface area contributed by atoms with Gasteiger partial charge in [0.05, 0.1) is 0 Å². The molecule has 2 aliphatic carbocycles. The van der Waals surface area contributed by atoms with Gasteiger partial charge in [0.2, 0.25) is 11.7 Å². The highest BCUT2D eigenvalue weighted by Gasteiger charge is 2.67. The van der Waals surface area contributed by atoms with Crippen LogP contribution in [0.15, 0.2) is 77.6 Å². The van der Waals surface area contributed by atoms with Gasteiger partial charge in [-0.15, -0.1) is 0 Å². The van der Waals surface area contributed by atoms with Gasteiger partial charge >= 0.3 is 11.9 Å². The molecule has 2 aromatic rings. The zero-order valence-electron chi connectivity index (χ0n) is 26.5. The van der Waals surface area contributed by atoms with Gasteiger partial charge in [-0.1, -0.05) is 48.9 Å². The molecule has 1 amide bonds. The first-order chi connectivity index (χ1) is 21.4. The summed E-state index contributed by atoms with van der Waals surface area (Å²) in [6.07, 6.45) is 8.65. The van der Waals surface area contributed by atoms with Crippen molar-refractivity contribution in [2.45, 2.75) is 72.6 Å². The fraction of sp³-hybridized carbons (Fsp3) is 0.417. The van der Waals surface area contributed by atoms with Crippen molar-refractivity contribution in [3.63, 3.8) is 0 Å². The smallest absolute Gasteiger partial charge is 0.303 e. The van der Waals surface area contributed by atoms with Crippen LogP contribution in [0.3, 0.4) is 0 Å². The summed E-state index contributed by atoms with van der Waals surface area (Å²) < 4.78 is 11.2. The monoisotopic (exact) mass is 612 g/mol. The lowest BCUT2D eigenvalue weighted by molar-refractivity contribution is -0.156. The normalized spacial score (nSPS) is 33.0. The minimum Gasteiger partial charge on any atom is -0.457 e. The van der Waals surface area contributed by atoms with Gasteiger partial charge in [0.25, 0.3) is 0 Å². The number of nitrogens with one attached hydrogen (secondary N) is 2. The van der Waals surface area contributed by atoms with E-state index in [-0.39, 0.29) is 5.92 Å². The van der Waals surface area contributed by atoms with Crippen molar-refractivity contribution in [1.29, 1.82) is 0 Å². The van der Waals surface area contributed by atoms with Crippen molar-refractivity contribution in [3.8, 4) is 0 Å². The second-order valence-corrected chi connectivity index (χ2v) is 12.6. The van der Waals surface area contributed by atoms with Gasteiger partial charge in [-0.05, 0) is 74.5 Å². The van der Waals surface area contributed by atoms with E-state index in [1.807, 2.05) is 69.5 Å². The number of hydrogen-bond acceptors (Lipinski definition) is 7. The summed E-state index contributed by atoms with van der Waals surface area (Å²) >= 11 is 0. The highest BCUT2D eigenvalue weighted by Crippen LogP contribution is 2.55. The summed E-state index contributed by atoms with van der Waals surface area (Å²) in [5.41, 5.74) is 2.38. The number of carbonyl (C=O) groups is 5. The molecule has 45 heavy (non-hydrogen) atoms. The van der Waals surface area contributed by atoms with Crippen LogP contribution in [-0.4, -0.2) is 52.6 Å². The molecule has 236 valence electrons. The van der Waals surface area contributed by atoms with Gasteiger partial charge in [0.15, 0.2) is 11.9 Å². The molecule has 1 aliphatic heterocycles. The molecule has 0 bridgehead atoms. The number of amides is 1. The third kappa shape index (κ3) is 5.72. The Bertz CT molecular complexity index is 1690. The van der Waals surface area contributed by atoms with Gasteiger partial charge in [-0.2, -0.15) is 0 Å². The summed E-state index contributed by atoms with van der Waals surface area (Å²) in [4.78, 5) is 70.0.